The highest BCUT2D eigenvalue weighted by molar-refractivity contribution is 5.95. The van der Waals surface area contributed by atoms with Crippen molar-refractivity contribution < 1.29 is 4.79 Å². The molecule has 0 aliphatic heterocycles. The predicted octanol–water partition coefficient (Wildman–Crippen LogP) is 4.41. The van der Waals surface area contributed by atoms with E-state index >= 15 is 0 Å². The Morgan fingerprint density at radius 2 is 1.75 bits per heavy atom. The number of nitrogens with zero attached hydrogens (tertiary/aromatic N) is 2. The van der Waals surface area contributed by atoms with Crippen LogP contribution in [0.1, 0.15) is 30.5 Å². The maximum atomic E-state index is 12.3. The number of hydrogen-bond donors (Lipinski definition) is 1. The van der Waals surface area contributed by atoms with Gasteiger partial charge in [0, 0.05) is 36.3 Å². The van der Waals surface area contributed by atoms with Crippen LogP contribution in [0.4, 0.5) is 0 Å². The average Bonchev–Trinajstić information content (AvgIpc) is 2.75. The van der Waals surface area contributed by atoms with Gasteiger partial charge in [-0.05, 0) is 36.4 Å². The van der Waals surface area contributed by atoms with E-state index < -0.39 is 0 Å². The molecule has 28 heavy (non-hydrogen) atoms. The summed E-state index contributed by atoms with van der Waals surface area (Å²) in [5.41, 5.74) is 4.26. The van der Waals surface area contributed by atoms with Crippen LogP contribution in [0, 0.1) is 0 Å². The molecule has 0 fully saturated rings. The van der Waals surface area contributed by atoms with Gasteiger partial charge in [-0.15, -0.1) is 0 Å². The van der Waals surface area contributed by atoms with E-state index in [9.17, 15) is 4.79 Å². The quantitative estimate of drug-likeness (QED) is 0.595. The summed E-state index contributed by atoms with van der Waals surface area (Å²) in [6.45, 7) is 7.78. The number of carbonyl (C=O) groups is 1. The molecule has 0 aliphatic carbocycles. The summed E-state index contributed by atoms with van der Waals surface area (Å²) in [6.07, 6.45) is 5.18. The SMILES string of the molecule is CCN(CC)Cc1ccccc1CNC(=O)/C=C/c1cccc2cccnc12. The Hall–Kier alpha value is -2.98. The summed E-state index contributed by atoms with van der Waals surface area (Å²) in [7, 11) is 0. The lowest BCUT2D eigenvalue weighted by molar-refractivity contribution is -0.116. The monoisotopic (exact) mass is 373 g/mol. The summed E-state index contributed by atoms with van der Waals surface area (Å²) >= 11 is 0. The highest BCUT2D eigenvalue weighted by Crippen LogP contribution is 2.17. The molecule has 2 aromatic carbocycles. The second-order valence-electron chi connectivity index (χ2n) is 6.70. The topological polar surface area (TPSA) is 45.2 Å². The van der Waals surface area contributed by atoms with Crippen molar-refractivity contribution in [3.63, 3.8) is 0 Å². The average molecular weight is 374 g/mol. The first-order valence-electron chi connectivity index (χ1n) is 9.80. The molecule has 0 bridgehead atoms. The zero-order valence-electron chi connectivity index (χ0n) is 16.6. The molecule has 4 nitrogen and oxygen atoms in total. The maximum Gasteiger partial charge on any atom is 0.244 e. The summed E-state index contributed by atoms with van der Waals surface area (Å²) in [5.74, 6) is -0.106. The van der Waals surface area contributed by atoms with E-state index in [4.69, 9.17) is 0 Å². The molecule has 3 aromatic rings. The summed E-state index contributed by atoms with van der Waals surface area (Å²) in [4.78, 5) is 19.1. The minimum Gasteiger partial charge on any atom is -0.348 e. The van der Waals surface area contributed by atoms with Crippen molar-refractivity contribution in [2.24, 2.45) is 0 Å². The third-order valence-electron chi connectivity index (χ3n) is 4.94. The Morgan fingerprint density at radius 3 is 2.54 bits per heavy atom. The molecule has 4 heteroatoms. The molecule has 1 aromatic heterocycles. The lowest BCUT2D eigenvalue weighted by atomic mass is 10.1. The predicted molar refractivity (Wildman–Crippen MR) is 116 cm³/mol. The van der Waals surface area contributed by atoms with E-state index in [1.165, 1.54) is 5.56 Å². The van der Waals surface area contributed by atoms with Crippen LogP contribution in [0.3, 0.4) is 0 Å². The van der Waals surface area contributed by atoms with Crippen LogP contribution < -0.4 is 5.32 Å². The molecule has 0 aliphatic rings. The molecular formula is C24H27N3O. The van der Waals surface area contributed by atoms with Crippen molar-refractivity contribution in [2.45, 2.75) is 26.9 Å². The molecule has 0 spiro atoms. The molecule has 0 saturated carbocycles. The number of hydrogen-bond acceptors (Lipinski definition) is 3. The van der Waals surface area contributed by atoms with E-state index in [-0.39, 0.29) is 5.91 Å². The van der Waals surface area contributed by atoms with Crippen molar-refractivity contribution in [1.82, 2.24) is 15.2 Å². The normalized spacial score (nSPS) is 11.4. The fraction of sp³-hybridized carbons (Fsp3) is 0.250. The highest BCUT2D eigenvalue weighted by atomic mass is 16.1. The molecule has 0 atom stereocenters. The van der Waals surface area contributed by atoms with Gasteiger partial charge in [-0.1, -0.05) is 62.4 Å². The van der Waals surface area contributed by atoms with E-state index in [2.05, 4.69) is 47.2 Å². The van der Waals surface area contributed by atoms with Crippen LogP contribution in [0.5, 0.6) is 0 Å². The fourth-order valence-corrected chi connectivity index (χ4v) is 3.24. The lowest BCUT2D eigenvalue weighted by Crippen LogP contribution is -2.25. The first kappa shape index (κ1) is 19.8. The number of rotatable bonds is 8. The van der Waals surface area contributed by atoms with Gasteiger partial charge in [0.2, 0.25) is 5.91 Å². The minimum absolute atomic E-state index is 0.106. The first-order valence-corrected chi connectivity index (χ1v) is 9.80. The Kier molecular flexibility index (Phi) is 6.93. The number of amides is 1. The van der Waals surface area contributed by atoms with Crippen molar-refractivity contribution in [2.75, 3.05) is 13.1 Å². The van der Waals surface area contributed by atoms with Crippen molar-refractivity contribution >= 4 is 22.9 Å². The first-order chi connectivity index (χ1) is 13.7. The summed E-state index contributed by atoms with van der Waals surface area (Å²) in [6, 6.07) is 18.2. The number of nitrogens with one attached hydrogen (secondary N) is 1. The number of aromatic nitrogens is 1. The van der Waals surface area contributed by atoms with Crippen LogP contribution in [0.25, 0.3) is 17.0 Å². The second kappa shape index (κ2) is 9.81. The van der Waals surface area contributed by atoms with Crippen LogP contribution in [-0.4, -0.2) is 28.9 Å². The van der Waals surface area contributed by atoms with E-state index in [1.807, 2.05) is 42.5 Å². The van der Waals surface area contributed by atoms with Gasteiger partial charge in [0.05, 0.1) is 5.52 Å². The number of benzene rings is 2. The molecule has 0 saturated heterocycles. The largest absolute Gasteiger partial charge is 0.348 e. The maximum absolute atomic E-state index is 12.3. The minimum atomic E-state index is -0.106. The second-order valence-corrected chi connectivity index (χ2v) is 6.70. The molecule has 144 valence electrons. The third-order valence-corrected chi connectivity index (χ3v) is 4.94. The number of pyridine rings is 1. The number of para-hydroxylation sites is 1. The summed E-state index contributed by atoms with van der Waals surface area (Å²) < 4.78 is 0. The zero-order valence-corrected chi connectivity index (χ0v) is 16.6. The molecular weight excluding hydrogens is 346 g/mol. The Morgan fingerprint density at radius 1 is 1.00 bits per heavy atom. The smallest absolute Gasteiger partial charge is 0.244 e. The molecule has 0 unspecified atom stereocenters. The van der Waals surface area contributed by atoms with E-state index in [0.717, 1.165) is 41.7 Å². The van der Waals surface area contributed by atoms with Crippen LogP contribution in [0.15, 0.2) is 66.9 Å². The molecule has 1 amide bonds. The van der Waals surface area contributed by atoms with Crippen LogP contribution in [-0.2, 0) is 17.9 Å². The van der Waals surface area contributed by atoms with Gasteiger partial charge in [0.1, 0.15) is 0 Å². The van der Waals surface area contributed by atoms with E-state index in [1.54, 1.807) is 12.3 Å². The molecule has 1 N–H and O–H groups in total. The summed E-state index contributed by atoms with van der Waals surface area (Å²) in [5, 5.41) is 4.07. The van der Waals surface area contributed by atoms with E-state index in [0.29, 0.717) is 6.54 Å². The Balaban J connectivity index is 1.65. The Labute approximate surface area is 166 Å². The van der Waals surface area contributed by atoms with Gasteiger partial charge in [0.25, 0.3) is 0 Å². The third kappa shape index (κ3) is 5.05. The van der Waals surface area contributed by atoms with Gasteiger partial charge in [-0.3, -0.25) is 14.7 Å². The molecule has 3 rings (SSSR count). The molecule has 0 radical (unpaired) electrons. The highest BCUT2D eigenvalue weighted by Gasteiger charge is 2.07. The van der Waals surface area contributed by atoms with Gasteiger partial charge in [-0.25, -0.2) is 0 Å². The van der Waals surface area contributed by atoms with Crippen molar-refractivity contribution in [1.29, 1.82) is 0 Å². The lowest BCUT2D eigenvalue weighted by Gasteiger charge is -2.20. The standard InChI is InChI=1S/C24H27N3O/c1-3-27(4-2)18-22-10-6-5-9-21(22)17-26-23(28)15-14-20-12-7-11-19-13-8-16-25-24(19)20/h5-16H,3-4,17-18H2,1-2H3,(H,26,28)/b15-14+. The van der Waals surface area contributed by atoms with Crippen LogP contribution >= 0.6 is 0 Å². The van der Waals surface area contributed by atoms with Gasteiger partial charge in [-0.2, -0.15) is 0 Å². The fourth-order valence-electron chi connectivity index (χ4n) is 3.24. The number of carbonyl (C=O) groups excluding carboxylic acids is 1. The molecule has 1 heterocycles. The van der Waals surface area contributed by atoms with Crippen molar-refractivity contribution in [3.8, 4) is 0 Å². The van der Waals surface area contributed by atoms with Gasteiger partial charge < -0.3 is 5.32 Å². The van der Waals surface area contributed by atoms with Crippen molar-refractivity contribution in [3.05, 3.63) is 83.6 Å². The van der Waals surface area contributed by atoms with Gasteiger partial charge in [0.15, 0.2) is 0 Å². The zero-order chi connectivity index (χ0) is 19.8. The number of fused-ring (bicyclic) bond motifs is 1. The van der Waals surface area contributed by atoms with Crippen LogP contribution in [0.2, 0.25) is 0 Å². The Bertz CT molecular complexity index is 955. The van der Waals surface area contributed by atoms with Gasteiger partial charge >= 0.3 is 0 Å².